The van der Waals surface area contributed by atoms with Crippen molar-refractivity contribution in [3.05, 3.63) is 47.3 Å². The highest BCUT2D eigenvalue weighted by Crippen LogP contribution is 2.38. The summed E-state index contributed by atoms with van der Waals surface area (Å²) in [6.07, 6.45) is 5.15. The van der Waals surface area contributed by atoms with Gasteiger partial charge in [0.1, 0.15) is 12.4 Å². The summed E-state index contributed by atoms with van der Waals surface area (Å²) in [5.74, 6) is 0.971. The Balaban J connectivity index is 1.45. The monoisotopic (exact) mass is 438 g/mol. The molecule has 2 aliphatic rings. The number of amides is 2. The van der Waals surface area contributed by atoms with Crippen LogP contribution >= 0.6 is 0 Å². The molecule has 0 aliphatic carbocycles. The Kier molecular flexibility index (Phi) is 6.53. The first-order valence-electron chi connectivity index (χ1n) is 11.7. The van der Waals surface area contributed by atoms with Gasteiger partial charge in [0, 0.05) is 25.8 Å². The smallest absolute Gasteiger partial charge is 0.274 e. The minimum Gasteiger partial charge on any atom is -0.491 e. The lowest BCUT2D eigenvalue weighted by Crippen LogP contribution is -2.52. The Morgan fingerprint density at radius 2 is 1.94 bits per heavy atom. The molecule has 0 bridgehead atoms. The standard InChI is InChI=1S/C25H34N4O3/c1-18-17-32-22-10-5-4-8-20(22)9-6-7-11-25(24(31)26-18)12-14-29(15-13-25)23(30)21-16-19(2)28(3)27-21/h4-5,8,10,16,18H,6-7,9,11-15,17H2,1-3H3,(H,26,31)/t18-/m1/s1. The number of ether oxygens (including phenoxy) is 1. The van der Waals surface area contributed by atoms with E-state index in [2.05, 4.69) is 22.5 Å². The average Bonchev–Trinajstić information content (AvgIpc) is 3.13. The highest BCUT2D eigenvalue weighted by atomic mass is 16.5. The number of aryl methyl sites for hydroxylation is 3. The number of nitrogens with zero attached hydrogens (tertiary/aromatic N) is 3. The maximum Gasteiger partial charge on any atom is 0.274 e. The molecule has 2 amide bonds. The molecule has 32 heavy (non-hydrogen) atoms. The molecule has 4 rings (SSSR count). The molecule has 0 radical (unpaired) electrons. The highest BCUT2D eigenvalue weighted by molar-refractivity contribution is 5.92. The van der Waals surface area contributed by atoms with Gasteiger partial charge in [0.25, 0.3) is 5.91 Å². The van der Waals surface area contributed by atoms with E-state index >= 15 is 0 Å². The lowest BCUT2D eigenvalue weighted by Gasteiger charge is -2.41. The van der Waals surface area contributed by atoms with Crippen LogP contribution in [0.3, 0.4) is 0 Å². The summed E-state index contributed by atoms with van der Waals surface area (Å²) in [7, 11) is 1.84. The van der Waals surface area contributed by atoms with E-state index in [9.17, 15) is 9.59 Å². The van der Waals surface area contributed by atoms with Crippen molar-refractivity contribution >= 4 is 11.8 Å². The average molecular weight is 439 g/mol. The van der Waals surface area contributed by atoms with Gasteiger partial charge in [0.15, 0.2) is 5.69 Å². The molecule has 1 atom stereocenters. The second kappa shape index (κ2) is 9.35. The SMILES string of the molecule is Cc1cc(C(=O)N2CCC3(CCCCc4ccccc4OC[C@@H](C)NC3=O)CC2)nn1C. The number of rotatable bonds is 1. The normalized spacial score (nSPS) is 21.7. The van der Waals surface area contributed by atoms with Gasteiger partial charge in [0.05, 0.1) is 11.5 Å². The zero-order valence-electron chi connectivity index (χ0n) is 19.4. The zero-order valence-corrected chi connectivity index (χ0v) is 19.4. The Morgan fingerprint density at radius 1 is 1.19 bits per heavy atom. The van der Waals surface area contributed by atoms with Crippen molar-refractivity contribution in [2.45, 2.75) is 58.4 Å². The summed E-state index contributed by atoms with van der Waals surface area (Å²) in [6, 6.07) is 9.93. The predicted octanol–water partition coefficient (Wildman–Crippen LogP) is 3.26. The third-order valence-electron chi connectivity index (χ3n) is 7.01. The van der Waals surface area contributed by atoms with E-state index in [4.69, 9.17) is 4.74 Å². The highest BCUT2D eigenvalue weighted by Gasteiger charge is 2.42. The van der Waals surface area contributed by atoms with Crippen LogP contribution in [0.4, 0.5) is 0 Å². The van der Waals surface area contributed by atoms with E-state index in [1.54, 1.807) is 4.68 Å². The predicted molar refractivity (Wildman–Crippen MR) is 123 cm³/mol. The molecule has 0 unspecified atom stereocenters. The van der Waals surface area contributed by atoms with Crippen molar-refractivity contribution in [3.63, 3.8) is 0 Å². The van der Waals surface area contributed by atoms with E-state index in [0.29, 0.717) is 38.2 Å². The van der Waals surface area contributed by atoms with Gasteiger partial charge in [-0.1, -0.05) is 24.6 Å². The van der Waals surface area contributed by atoms with Crippen molar-refractivity contribution < 1.29 is 14.3 Å². The molecule has 1 N–H and O–H groups in total. The molecule has 1 aromatic heterocycles. The molecule has 7 nitrogen and oxygen atoms in total. The lowest BCUT2D eigenvalue weighted by molar-refractivity contribution is -0.135. The Labute approximate surface area is 190 Å². The first kappa shape index (κ1) is 22.4. The molecule has 172 valence electrons. The van der Waals surface area contributed by atoms with Crippen molar-refractivity contribution in [3.8, 4) is 5.75 Å². The molecule has 2 aromatic rings. The molecule has 1 spiro atoms. The van der Waals surface area contributed by atoms with E-state index in [-0.39, 0.29) is 17.9 Å². The minimum absolute atomic E-state index is 0.0458. The van der Waals surface area contributed by atoms with Crippen LogP contribution in [0, 0.1) is 12.3 Å². The van der Waals surface area contributed by atoms with Crippen LogP contribution in [0.15, 0.2) is 30.3 Å². The second-order valence-corrected chi connectivity index (χ2v) is 9.37. The second-order valence-electron chi connectivity index (χ2n) is 9.37. The fourth-order valence-electron chi connectivity index (χ4n) is 4.82. The summed E-state index contributed by atoms with van der Waals surface area (Å²) in [5, 5.41) is 7.53. The van der Waals surface area contributed by atoms with Crippen LogP contribution in [-0.4, -0.2) is 52.2 Å². The van der Waals surface area contributed by atoms with Gasteiger partial charge in [-0.25, -0.2) is 0 Å². The van der Waals surface area contributed by atoms with Gasteiger partial charge in [-0.2, -0.15) is 5.10 Å². The van der Waals surface area contributed by atoms with Gasteiger partial charge >= 0.3 is 0 Å². The molecule has 1 fully saturated rings. The van der Waals surface area contributed by atoms with Crippen molar-refractivity contribution in [1.82, 2.24) is 20.0 Å². The number of para-hydroxylation sites is 1. The molecular formula is C25H34N4O3. The summed E-state index contributed by atoms with van der Waals surface area (Å²) in [4.78, 5) is 28.1. The molecule has 0 saturated carbocycles. The molecule has 7 heteroatoms. The first-order chi connectivity index (χ1) is 15.4. The van der Waals surface area contributed by atoms with Crippen LogP contribution in [0.25, 0.3) is 0 Å². The largest absolute Gasteiger partial charge is 0.491 e. The number of piperidine rings is 1. The number of carbonyl (C=O) groups excluding carboxylic acids is 2. The third kappa shape index (κ3) is 4.66. The summed E-state index contributed by atoms with van der Waals surface area (Å²) < 4.78 is 7.75. The van der Waals surface area contributed by atoms with Gasteiger partial charge in [-0.3, -0.25) is 14.3 Å². The Morgan fingerprint density at radius 3 is 2.66 bits per heavy atom. The number of hydrogen-bond donors (Lipinski definition) is 1. The van der Waals surface area contributed by atoms with E-state index in [1.807, 2.05) is 44.0 Å². The van der Waals surface area contributed by atoms with Gasteiger partial charge in [-0.15, -0.1) is 0 Å². The van der Waals surface area contributed by atoms with Gasteiger partial charge in [-0.05, 0) is 63.6 Å². The minimum atomic E-state index is -0.427. The number of fused-ring (bicyclic) bond motifs is 1. The summed E-state index contributed by atoms with van der Waals surface area (Å²) in [6.45, 7) is 5.53. The molecular weight excluding hydrogens is 404 g/mol. The fraction of sp³-hybridized carbons (Fsp3) is 0.560. The van der Waals surface area contributed by atoms with Crippen LogP contribution < -0.4 is 10.1 Å². The van der Waals surface area contributed by atoms with E-state index < -0.39 is 5.41 Å². The van der Waals surface area contributed by atoms with Crippen LogP contribution in [0.5, 0.6) is 5.75 Å². The molecule has 2 aliphatic heterocycles. The fourth-order valence-corrected chi connectivity index (χ4v) is 4.82. The van der Waals surface area contributed by atoms with E-state index in [0.717, 1.165) is 37.1 Å². The number of hydrogen-bond acceptors (Lipinski definition) is 4. The summed E-state index contributed by atoms with van der Waals surface area (Å²) >= 11 is 0. The lowest BCUT2D eigenvalue weighted by atomic mass is 9.73. The van der Waals surface area contributed by atoms with Gasteiger partial charge < -0.3 is 15.0 Å². The molecule has 1 aromatic carbocycles. The number of carbonyl (C=O) groups is 2. The van der Waals surface area contributed by atoms with Gasteiger partial charge in [0.2, 0.25) is 5.91 Å². The van der Waals surface area contributed by atoms with Crippen molar-refractivity contribution in [2.24, 2.45) is 12.5 Å². The number of nitrogens with one attached hydrogen (secondary N) is 1. The summed E-state index contributed by atoms with van der Waals surface area (Å²) in [5.41, 5.74) is 2.24. The van der Waals surface area contributed by atoms with Crippen molar-refractivity contribution in [2.75, 3.05) is 19.7 Å². The van der Waals surface area contributed by atoms with Crippen LogP contribution in [-0.2, 0) is 18.3 Å². The van der Waals surface area contributed by atoms with Crippen LogP contribution in [0.2, 0.25) is 0 Å². The maximum atomic E-state index is 13.4. The first-order valence-corrected chi connectivity index (χ1v) is 11.7. The third-order valence-corrected chi connectivity index (χ3v) is 7.01. The van der Waals surface area contributed by atoms with Crippen molar-refractivity contribution in [1.29, 1.82) is 0 Å². The quantitative estimate of drug-likeness (QED) is 0.742. The van der Waals surface area contributed by atoms with E-state index in [1.165, 1.54) is 5.56 Å². The molecule has 1 saturated heterocycles. The van der Waals surface area contributed by atoms with Crippen LogP contribution in [0.1, 0.15) is 60.8 Å². The number of aromatic nitrogens is 2. The Hall–Kier alpha value is -2.83. The number of benzene rings is 1. The number of likely N-dealkylation sites (tertiary alicyclic amines) is 1. The maximum absolute atomic E-state index is 13.4. The zero-order chi connectivity index (χ0) is 22.7. The topological polar surface area (TPSA) is 76.5 Å². The molecule has 3 heterocycles. The Bertz CT molecular complexity index is 956.